The fraction of sp³-hybridized carbons (Fsp3) is 0.304. The first-order valence-corrected chi connectivity index (χ1v) is 10.5. The molecule has 3 aromatic rings. The third-order valence-electron chi connectivity index (χ3n) is 4.82. The molecule has 0 saturated heterocycles. The highest BCUT2D eigenvalue weighted by atomic mass is 32.1. The molecule has 6 nitrogen and oxygen atoms in total. The van der Waals surface area contributed by atoms with E-state index in [1.165, 1.54) is 22.5 Å². The van der Waals surface area contributed by atoms with E-state index in [0.29, 0.717) is 18.0 Å². The Kier molecular flexibility index (Phi) is 7.43. The minimum atomic E-state index is -0.993. The molecule has 1 N–H and O–H groups in total. The minimum absolute atomic E-state index is 0.102. The lowest BCUT2D eigenvalue weighted by Crippen LogP contribution is -2.25. The maximum atomic E-state index is 11.2. The smallest absolute Gasteiger partial charge is 0.355 e. The van der Waals surface area contributed by atoms with Crippen LogP contribution in [0, 0.1) is 6.92 Å². The molecule has 0 unspecified atom stereocenters. The van der Waals surface area contributed by atoms with Crippen LogP contribution in [0.1, 0.15) is 32.2 Å². The van der Waals surface area contributed by atoms with E-state index in [1.54, 1.807) is 19.6 Å². The number of aryl methyl sites for hydroxylation is 1. The van der Waals surface area contributed by atoms with Gasteiger partial charge in [-0.25, -0.2) is 9.78 Å². The van der Waals surface area contributed by atoms with Crippen molar-refractivity contribution < 1.29 is 19.4 Å². The van der Waals surface area contributed by atoms with Gasteiger partial charge in [0.25, 0.3) is 0 Å². The topological polar surface area (TPSA) is 71.9 Å². The van der Waals surface area contributed by atoms with Crippen molar-refractivity contribution in [3.63, 3.8) is 0 Å². The summed E-state index contributed by atoms with van der Waals surface area (Å²) >= 11 is 1.38. The standard InChI is InChI=1S/C23H26N2O4S/c1-16-4-6-18(7-5-16)13-25(14-22-24-19(15-30-22)23(26)27)11-10-17-8-9-20(28-2)21(12-17)29-3/h4-9,12,15H,10-11,13-14H2,1-3H3,(H,26,27). The van der Waals surface area contributed by atoms with Crippen LogP contribution >= 0.6 is 11.3 Å². The maximum Gasteiger partial charge on any atom is 0.355 e. The second-order valence-electron chi connectivity index (χ2n) is 7.07. The number of carboxylic acids is 1. The van der Waals surface area contributed by atoms with Crippen molar-refractivity contribution in [2.24, 2.45) is 0 Å². The number of aromatic carboxylic acids is 1. The van der Waals surface area contributed by atoms with E-state index in [-0.39, 0.29) is 5.69 Å². The highest BCUT2D eigenvalue weighted by molar-refractivity contribution is 7.09. The van der Waals surface area contributed by atoms with Gasteiger partial charge in [0.05, 0.1) is 20.8 Å². The zero-order valence-electron chi connectivity index (χ0n) is 17.4. The Balaban J connectivity index is 1.74. The molecule has 1 aromatic heterocycles. The quantitative estimate of drug-likeness (QED) is 0.518. The largest absolute Gasteiger partial charge is 0.493 e. The lowest BCUT2D eigenvalue weighted by molar-refractivity contribution is 0.0691. The number of carboxylic acid groups (broad SMARTS) is 1. The molecule has 0 atom stereocenters. The van der Waals surface area contributed by atoms with Crippen molar-refractivity contribution in [2.45, 2.75) is 26.4 Å². The monoisotopic (exact) mass is 426 g/mol. The molecule has 2 aromatic carbocycles. The summed E-state index contributed by atoms with van der Waals surface area (Å²) in [6.45, 7) is 4.22. The Morgan fingerprint density at radius 3 is 2.37 bits per heavy atom. The van der Waals surface area contributed by atoms with Gasteiger partial charge in [-0.3, -0.25) is 4.90 Å². The van der Waals surface area contributed by atoms with Gasteiger partial charge in [-0.15, -0.1) is 11.3 Å². The Morgan fingerprint density at radius 2 is 1.73 bits per heavy atom. The molecule has 0 saturated carbocycles. The predicted octanol–water partition coefficient (Wildman–Crippen LogP) is 4.41. The second-order valence-corrected chi connectivity index (χ2v) is 8.01. The summed E-state index contributed by atoms with van der Waals surface area (Å²) in [5.41, 5.74) is 3.68. The lowest BCUT2D eigenvalue weighted by atomic mass is 10.1. The highest BCUT2D eigenvalue weighted by Crippen LogP contribution is 2.28. The van der Waals surface area contributed by atoms with Crippen LogP contribution in [0.4, 0.5) is 0 Å². The van der Waals surface area contributed by atoms with Crippen LogP contribution in [0.15, 0.2) is 47.8 Å². The fourth-order valence-corrected chi connectivity index (χ4v) is 3.97. The van der Waals surface area contributed by atoms with Crippen molar-refractivity contribution in [2.75, 3.05) is 20.8 Å². The number of carbonyl (C=O) groups is 1. The molecule has 30 heavy (non-hydrogen) atoms. The molecule has 0 aliphatic heterocycles. The van der Waals surface area contributed by atoms with Crippen LogP contribution in [0.3, 0.4) is 0 Å². The van der Waals surface area contributed by atoms with Crippen molar-refractivity contribution in [3.8, 4) is 11.5 Å². The average Bonchev–Trinajstić information content (AvgIpc) is 3.22. The molecule has 1 heterocycles. The lowest BCUT2D eigenvalue weighted by Gasteiger charge is -2.22. The van der Waals surface area contributed by atoms with Crippen LogP contribution in [0.25, 0.3) is 0 Å². The predicted molar refractivity (Wildman–Crippen MR) is 118 cm³/mol. The summed E-state index contributed by atoms with van der Waals surface area (Å²) in [4.78, 5) is 17.7. The molecule has 0 aliphatic rings. The van der Waals surface area contributed by atoms with Gasteiger partial charge in [-0.05, 0) is 36.6 Å². The number of hydrogen-bond donors (Lipinski definition) is 1. The van der Waals surface area contributed by atoms with Gasteiger partial charge in [0, 0.05) is 18.5 Å². The Hall–Kier alpha value is -2.90. The van der Waals surface area contributed by atoms with E-state index in [4.69, 9.17) is 14.6 Å². The molecule has 3 rings (SSSR count). The number of benzene rings is 2. The number of rotatable bonds is 10. The van der Waals surface area contributed by atoms with Gasteiger partial charge in [0.2, 0.25) is 0 Å². The maximum absolute atomic E-state index is 11.2. The Labute approximate surface area is 180 Å². The molecule has 0 radical (unpaired) electrons. The SMILES string of the molecule is COc1ccc(CCN(Cc2ccc(C)cc2)Cc2nc(C(=O)O)cs2)cc1OC. The van der Waals surface area contributed by atoms with Crippen LogP contribution in [0.2, 0.25) is 0 Å². The van der Waals surface area contributed by atoms with Crippen LogP contribution in [-0.4, -0.2) is 41.7 Å². The number of methoxy groups -OCH3 is 2. The third-order valence-corrected chi connectivity index (χ3v) is 5.65. The van der Waals surface area contributed by atoms with E-state index in [9.17, 15) is 4.79 Å². The molecule has 0 amide bonds. The number of nitrogens with zero attached hydrogens (tertiary/aromatic N) is 2. The normalized spacial score (nSPS) is 10.9. The molecule has 0 spiro atoms. The molecular formula is C23H26N2O4S. The van der Waals surface area contributed by atoms with Gasteiger partial charge in [-0.2, -0.15) is 0 Å². The van der Waals surface area contributed by atoms with Gasteiger partial charge in [0.1, 0.15) is 5.01 Å². The number of ether oxygens (including phenoxy) is 2. The van der Waals surface area contributed by atoms with Crippen molar-refractivity contribution in [3.05, 3.63) is 75.2 Å². The van der Waals surface area contributed by atoms with Gasteiger partial charge in [-0.1, -0.05) is 35.9 Å². The molecule has 158 valence electrons. The minimum Gasteiger partial charge on any atom is -0.493 e. The first kappa shape index (κ1) is 21.8. The van der Waals surface area contributed by atoms with Crippen LogP contribution in [0.5, 0.6) is 11.5 Å². The number of hydrogen-bond acceptors (Lipinski definition) is 6. The number of aromatic nitrogens is 1. The highest BCUT2D eigenvalue weighted by Gasteiger charge is 2.14. The van der Waals surface area contributed by atoms with Crippen molar-refractivity contribution in [1.29, 1.82) is 0 Å². The average molecular weight is 427 g/mol. The van der Waals surface area contributed by atoms with Gasteiger partial charge >= 0.3 is 5.97 Å². The summed E-state index contributed by atoms with van der Waals surface area (Å²) in [7, 11) is 3.26. The van der Waals surface area contributed by atoms with E-state index < -0.39 is 5.97 Å². The third kappa shape index (κ3) is 5.81. The Bertz CT molecular complexity index is 985. The van der Waals surface area contributed by atoms with E-state index in [2.05, 4.69) is 41.1 Å². The number of thiazole rings is 1. The molecule has 0 bridgehead atoms. The Morgan fingerprint density at radius 1 is 1.03 bits per heavy atom. The first-order valence-electron chi connectivity index (χ1n) is 9.65. The zero-order chi connectivity index (χ0) is 21.5. The summed E-state index contributed by atoms with van der Waals surface area (Å²) in [6.07, 6.45) is 0.823. The van der Waals surface area contributed by atoms with E-state index in [0.717, 1.165) is 30.1 Å². The molecule has 0 fully saturated rings. The first-order chi connectivity index (χ1) is 14.5. The summed E-state index contributed by atoms with van der Waals surface area (Å²) in [6, 6.07) is 14.4. The summed E-state index contributed by atoms with van der Waals surface area (Å²) < 4.78 is 10.7. The van der Waals surface area contributed by atoms with Crippen LogP contribution < -0.4 is 9.47 Å². The van der Waals surface area contributed by atoms with Crippen molar-refractivity contribution in [1.82, 2.24) is 9.88 Å². The van der Waals surface area contributed by atoms with E-state index in [1.807, 2.05) is 18.2 Å². The second kappa shape index (κ2) is 10.2. The van der Waals surface area contributed by atoms with Crippen molar-refractivity contribution >= 4 is 17.3 Å². The summed E-state index contributed by atoms with van der Waals surface area (Å²) in [5.74, 6) is 0.431. The van der Waals surface area contributed by atoms with Gasteiger partial charge in [0.15, 0.2) is 17.2 Å². The van der Waals surface area contributed by atoms with E-state index >= 15 is 0 Å². The molecular weight excluding hydrogens is 400 g/mol. The zero-order valence-corrected chi connectivity index (χ0v) is 18.2. The molecule has 7 heteroatoms. The molecule has 0 aliphatic carbocycles. The van der Waals surface area contributed by atoms with Gasteiger partial charge < -0.3 is 14.6 Å². The fourth-order valence-electron chi connectivity index (χ4n) is 3.16. The summed E-state index contributed by atoms with van der Waals surface area (Å²) in [5, 5.41) is 11.5. The van der Waals surface area contributed by atoms with Crippen LogP contribution in [-0.2, 0) is 19.5 Å².